The molecule has 6 heteroatoms. The molecule has 1 aromatic heterocycles. The number of carbonyl (C=O) groups is 1. The molecule has 2 aromatic rings. The number of hydrogen-bond donors (Lipinski definition) is 0. The molecule has 108 valence electrons. The Morgan fingerprint density at radius 3 is 2.67 bits per heavy atom. The second kappa shape index (κ2) is 3.85. The molecule has 2 saturated heterocycles. The Balaban J connectivity index is 1.87. The van der Waals surface area contributed by atoms with Crippen molar-refractivity contribution in [1.82, 2.24) is 0 Å². The van der Waals surface area contributed by atoms with Gasteiger partial charge >= 0.3 is 11.6 Å². The quantitative estimate of drug-likeness (QED) is 0.474. The van der Waals surface area contributed by atoms with Crippen molar-refractivity contribution in [3.8, 4) is 5.75 Å². The van der Waals surface area contributed by atoms with Crippen LogP contribution in [0.25, 0.3) is 11.0 Å². The number of hydrogen-bond acceptors (Lipinski definition) is 6. The third-order valence-electron chi connectivity index (χ3n) is 4.05. The second-order valence-corrected chi connectivity index (χ2v) is 5.36. The highest BCUT2D eigenvalue weighted by Gasteiger charge is 2.70. The van der Waals surface area contributed by atoms with Gasteiger partial charge < -0.3 is 18.6 Å². The minimum Gasteiger partial charge on any atom is -0.496 e. The minimum atomic E-state index is -0.839. The van der Waals surface area contributed by atoms with Crippen molar-refractivity contribution in [3.63, 3.8) is 0 Å². The van der Waals surface area contributed by atoms with E-state index in [0.29, 0.717) is 16.9 Å². The number of ether oxygens (including phenoxy) is 3. The number of carbonyl (C=O) groups excluding carboxylic acids is 1. The van der Waals surface area contributed by atoms with E-state index in [9.17, 15) is 9.59 Å². The van der Waals surface area contributed by atoms with E-state index in [-0.39, 0.29) is 12.1 Å². The fourth-order valence-corrected chi connectivity index (χ4v) is 2.78. The Labute approximate surface area is 119 Å². The molecular formula is C15H12O6. The summed E-state index contributed by atoms with van der Waals surface area (Å²) < 4.78 is 21.3. The molecule has 0 spiro atoms. The Morgan fingerprint density at radius 2 is 2.05 bits per heavy atom. The topological polar surface area (TPSA) is 78.3 Å². The zero-order valence-corrected chi connectivity index (χ0v) is 11.4. The maximum Gasteiger partial charge on any atom is 0.341 e. The SMILES string of the molecule is COc1cc2oc(=O)ccc2cc1[C@H]1OC(=O)[C@]2(C)O[C@H]12. The van der Waals surface area contributed by atoms with Crippen LogP contribution in [0.1, 0.15) is 18.6 Å². The summed E-state index contributed by atoms with van der Waals surface area (Å²) in [5.74, 6) is 0.133. The van der Waals surface area contributed by atoms with Crippen LogP contribution in [-0.2, 0) is 14.3 Å². The van der Waals surface area contributed by atoms with Gasteiger partial charge in [-0.05, 0) is 19.1 Å². The van der Waals surface area contributed by atoms with Gasteiger partial charge in [0.25, 0.3) is 0 Å². The fourth-order valence-electron chi connectivity index (χ4n) is 2.78. The number of fused-ring (bicyclic) bond motifs is 2. The summed E-state index contributed by atoms with van der Waals surface area (Å²) in [5, 5.41) is 0.732. The van der Waals surface area contributed by atoms with Crippen molar-refractivity contribution in [2.24, 2.45) is 0 Å². The first-order valence-corrected chi connectivity index (χ1v) is 6.53. The van der Waals surface area contributed by atoms with Gasteiger partial charge in [-0.3, -0.25) is 0 Å². The summed E-state index contributed by atoms with van der Waals surface area (Å²) in [6, 6.07) is 6.42. The van der Waals surface area contributed by atoms with Crippen LogP contribution in [0, 0.1) is 0 Å². The number of benzene rings is 1. The van der Waals surface area contributed by atoms with Gasteiger partial charge in [0.05, 0.1) is 7.11 Å². The highest BCUT2D eigenvalue weighted by molar-refractivity contribution is 5.87. The highest BCUT2D eigenvalue weighted by Crippen LogP contribution is 2.54. The average molecular weight is 288 g/mol. The van der Waals surface area contributed by atoms with E-state index in [0.717, 1.165) is 5.39 Å². The van der Waals surface area contributed by atoms with Crippen LogP contribution in [-0.4, -0.2) is 24.8 Å². The summed E-state index contributed by atoms with van der Waals surface area (Å²) in [6.07, 6.45) is -0.805. The molecule has 1 aromatic carbocycles. The van der Waals surface area contributed by atoms with Crippen molar-refractivity contribution in [2.75, 3.05) is 7.11 Å². The normalized spacial score (nSPS) is 30.1. The summed E-state index contributed by atoms with van der Waals surface area (Å²) >= 11 is 0. The maximum atomic E-state index is 11.8. The predicted octanol–water partition coefficient (Wildman–Crippen LogP) is 1.56. The van der Waals surface area contributed by atoms with Crippen LogP contribution >= 0.6 is 0 Å². The predicted molar refractivity (Wildman–Crippen MR) is 71.1 cm³/mol. The highest BCUT2D eigenvalue weighted by atomic mass is 16.7. The van der Waals surface area contributed by atoms with Crippen LogP contribution in [0.3, 0.4) is 0 Å². The van der Waals surface area contributed by atoms with E-state index in [4.69, 9.17) is 18.6 Å². The molecule has 4 rings (SSSR count). The lowest BCUT2D eigenvalue weighted by molar-refractivity contribution is -0.153. The molecular weight excluding hydrogens is 276 g/mol. The smallest absolute Gasteiger partial charge is 0.341 e. The van der Waals surface area contributed by atoms with E-state index < -0.39 is 17.3 Å². The summed E-state index contributed by atoms with van der Waals surface area (Å²) in [7, 11) is 1.51. The summed E-state index contributed by atoms with van der Waals surface area (Å²) in [4.78, 5) is 23.1. The van der Waals surface area contributed by atoms with E-state index in [1.165, 1.54) is 13.2 Å². The lowest BCUT2D eigenvalue weighted by Gasteiger charge is -2.16. The third-order valence-corrected chi connectivity index (χ3v) is 4.05. The number of rotatable bonds is 2. The lowest BCUT2D eigenvalue weighted by atomic mass is 9.99. The Kier molecular flexibility index (Phi) is 2.28. The minimum absolute atomic E-state index is 0.299. The molecule has 0 aliphatic carbocycles. The number of methoxy groups -OCH3 is 1. The zero-order chi connectivity index (χ0) is 14.8. The molecule has 0 unspecified atom stereocenters. The number of epoxide rings is 1. The Bertz CT molecular complexity index is 823. The van der Waals surface area contributed by atoms with Gasteiger partial charge in [0.2, 0.25) is 0 Å². The molecule has 0 amide bonds. The van der Waals surface area contributed by atoms with Crippen molar-refractivity contribution in [2.45, 2.75) is 24.7 Å². The van der Waals surface area contributed by atoms with Crippen LogP contribution in [0.15, 0.2) is 33.5 Å². The van der Waals surface area contributed by atoms with Gasteiger partial charge in [0.1, 0.15) is 17.4 Å². The van der Waals surface area contributed by atoms with Crippen molar-refractivity contribution < 1.29 is 23.4 Å². The van der Waals surface area contributed by atoms with E-state index >= 15 is 0 Å². The molecule has 0 radical (unpaired) electrons. The molecule has 21 heavy (non-hydrogen) atoms. The monoisotopic (exact) mass is 288 g/mol. The van der Waals surface area contributed by atoms with E-state index in [1.54, 1.807) is 25.1 Å². The number of esters is 1. The molecule has 0 saturated carbocycles. The molecule has 0 N–H and O–H groups in total. The Hall–Kier alpha value is -2.34. The van der Waals surface area contributed by atoms with Crippen LogP contribution in [0.4, 0.5) is 0 Å². The van der Waals surface area contributed by atoms with Crippen LogP contribution < -0.4 is 10.4 Å². The van der Waals surface area contributed by atoms with E-state index in [1.807, 2.05) is 0 Å². The van der Waals surface area contributed by atoms with Gasteiger partial charge in [0, 0.05) is 23.1 Å². The lowest BCUT2D eigenvalue weighted by Crippen LogP contribution is -2.17. The first-order valence-electron chi connectivity index (χ1n) is 6.53. The van der Waals surface area contributed by atoms with Gasteiger partial charge in [-0.25, -0.2) is 9.59 Å². The Morgan fingerprint density at radius 1 is 1.24 bits per heavy atom. The van der Waals surface area contributed by atoms with Gasteiger partial charge in [0.15, 0.2) is 11.7 Å². The number of cyclic esters (lactones) is 1. The average Bonchev–Trinajstić information content (AvgIpc) is 3.09. The van der Waals surface area contributed by atoms with Crippen LogP contribution in [0.5, 0.6) is 5.75 Å². The zero-order valence-electron chi connectivity index (χ0n) is 11.4. The molecule has 2 aliphatic heterocycles. The van der Waals surface area contributed by atoms with Gasteiger partial charge in [-0.2, -0.15) is 0 Å². The molecule has 6 nitrogen and oxygen atoms in total. The largest absolute Gasteiger partial charge is 0.496 e. The van der Waals surface area contributed by atoms with Crippen molar-refractivity contribution in [1.29, 1.82) is 0 Å². The summed E-state index contributed by atoms with van der Waals surface area (Å²) in [6.45, 7) is 1.71. The third kappa shape index (κ3) is 1.62. The van der Waals surface area contributed by atoms with Crippen molar-refractivity contribution >= 4 is 16.9 Å². The molecule has 2 aliphatic rings. The molecule has 3 atom stereocenters. The first-order chi connectivity index (χ1) is 10.0. The fraction of sp³-hybridized carbons (Fsp3) is 0.333. The molecule has 2 fully saturated rings. The van der Waals surface area contributed by atoms with Crippen LogP contribution in [0.2, 0.25) is 0 Å². The van der Waals surface area contributed by atoms with Gasteiger partial charge in [-0.1, -0.05) is 0 Å². The standard InChI is InChI=1S/C15H12O6/c1-15-13(21-15)12(20-14(15)17)8-5-7-3-4-11(16)19-9(7)6-10(8)18-2/h3-6,12-13H,1-2H3/t12-,13-,15-/m1/s1. The maximum absolute atomic E-state index is 11.8. The second-order valence-electron chi connectivity index (χ2n) is 5.36. The molecule has 0 bridgehead atoms. The first kappa shape index (κ1) is 12.4. The van der Waals surface area contributed by atoms with Gasteiger partial charge in [-0.15, -0.1) is 0 Å². The van der Waals surface area contributed by atoms with Crippen molar-refractivity contribution in [3.05, 3.63) is 40.2 Å². The molecule has 3 heterocycles. The van der Waals surface area contributed by atoms with E-state index in [2.05, 4.69) is 0 Å². The summed E-state index contributed by atoms with van der Waals surface area (Å²) in [5.41, 5.74) is -0.138.